The molecule has 0 bridgehead atoms. The molecule has 0 aliphatic rings. The second-order valence-corrected chi connectivity index (χ2v) is 6.75. The molecule has 0 atom stereocenters. The summed E-state index contributed by atoms with van der Waals surface area (Å²) in [5.74, 6) is 3.34. The van der Waals surface area contributed by atoms with Crippen molar-refractivity contribution in [2.24, 2.45) is 12.0 Å². The Hall–Kier alpha value is -3.35. The quantitative estimate of drug-likeness (QED) is 0.455. The predicted molar refractivity (Wildman–Crippen MR) is 115 cm³/mol. The summed E-state index contributed by atoms with van der Waals surface area (Å²) in [4.78, 5) is 4.73. The van der Waals surface area contributed by atoms with Crippen LogP contribution in [0.25, 0.3) is 0 Å². The van der Waals surface area contributed by atoms with E-state index in [1.807, 2.05) is 48.9 Å². The number of aliphatic imine (C=N–C) groups is 1. The van der Waals surface area contributed by atoms with Crippen LogP contribution >= 0.6 is 0 Å². The summed E-state index contributed by atoms with van der Waals surface area (Å²) in [6, 6.07) is 18.4. The van der Waals surface area contributed by atoms with Crippen molar-refractivity contribution in [2.45, 2.75) is 26.4 Å². The number of hydrogen-bond donors (Lipinski definition) is 2. The summed E-state index contributed by atoms with van der Waals surface area (Å²) in [6.45, 7) is 3.85. The number of aromatic nitrogens is 3. The average Bonchev–Trinajstić information content (AvgIpc) is 3.08. The molecular weight excluding hydrogens is 364 g/mol. The van der Waals surface area contributed by atoms with Crippen molar-refractivity contribution in [1.29, 1.82) is 0 Å². The Kier molecular flexibility index (Phi) is 7.22. The third-order valence-electron chi connectivity index (χ3n) is 4.72. The molecule has 1 aromatic heterocycles. The molecule has 7 nitrogen and oxygen atoms in total. The van der Waals surface area contributed by atoms with Gasteiger partial charge in [0.2, 0.25) is 0 Å². The van der Waals surface area contributed by atoms with Crippen LogP contribution < -0.4 is 15.4 Å². The third kappa shape index (κ3) is 6.07. The minimum atomic E-state index is 0.553. The van der Waals surface area contributed by atoms with Crippen LogP contribution in [0.4, 0.5) is 0 Å². The van der Waals surface area contributed by atoms with E-state index in [1.165, 1.54) is 5.56 Å². The second kappa shape index (κ2) is 10.3. The van der Waals surface area contributed by atoms with E-state index >= 15 is 0 Å². The fraction of sp³-hybridized carbons (Fsp3) is 0.318. The molecule has 152 valence electrons. The molecule has 3 aromatic rings. The van der Waals surface area contributed by atoms with E-state index in [9.17, 15) is 0 Å². The molecule has 2 aromatic carbocycles. The number of methoxy groups -OCH3 is 1. The van der Waals surface area contributed by atoms with Crippen LogP contribution in [0.3, 0.4) is 0 Å². The molecule has 0 spiro atoms. The lowest BCUT2D eigenvalue weighted by atomic mass is 10.1. The number of hydrogen-bond acceptors (Lipinski definition) is 4. The number of aryl methyl sites for hydroxylation is 1. The SMILES string of the molecule is COc1ccc(CN=C(NCCc2ccccc2)NCc2nnc(C)n2C)cc1. The highest BCUT2D eigenvalue weighted by Crippen LogP contribution is 2.11. The molecule has 7 heteroatoms. The lowest BCUT2D eigenvalue weighted by Crippen LogP contribution is -2.38. The fourth-order valence-corrected chi connectivity index (χ4v) is 2.81. The van der Waals surface area contributed by atoms with Crippen molar-refractivity contribution in [3.63, 3.8) is 0 Å². The Bertz CT molecular complexity index is 918. The topological polar surface area (TPSA) is 76.4 Å². The molecule has 2 N–H and O–H groups in total. The zero-order valence-electron chi connectivity index (χ0n) is 17.2. The molecule has 1 heterocycles. The minimum Gasteiger partial charge on any atom is -0.497 e. The standard InChI is InChI=1S/C22H28N6O/c1-17-26-27-21(28(17)2)16-25-22(23-14-13-18-7-5-4-6-8-18)24-15-19-9-11-20(29-3)12-10-19/h4-12H,13-16H2,1-3H3,(H2,23,24,25). The zero-order valence-corrected chi connectivity index (χ0v) is 17.2. The van der Waals surface area contributed by atoms with E-state index in [4.69, 9.17) is 9.73 Å². The van der Waals surface area contributed by atoms with Crippen LogP contribution in [0.5, 0.6) is 5.75 Å². The maximum atomic E-state index is 5.21. The van der Waals surface area contributed by atoms with E-state index in [1.54, 1.807) is 7.11 Å². The van der Waals surface area contributed by atoms with Crippen LogP contribution in [0, 0.1) is 6.92 Å². The first kappa shape index (κ1) is 20.4. The van der Waals surface area contributed by atoms with Gasteiger partial charge in [-0.2, -0.15) is 0 Å². The maximum Gasteiger partial charge on any atom is 0.191 e. The van der Waals surface area contributed by atoms with Crippen molar-refractivity contribution in [2.75, 3.05) is 13.7 Å². The summed E-state index contributed by atoms with van der Waals surface area (Å²) in [5.41, 5.74) is 2.41. The van der Waals surface area contributed by atoms with Gasteiger partial charge in [-0.25, -0.2) is 4.99 Å². The van der Waals surface area contributed by atoms with Crippen LogP contribution in [0.2, 0.25) is 0 Å². The fourth-order valence-electron chi connectivity index (χ4n) is 2.81. The first-order chi connectivity index (χ1) is 14.2. The Balaban J connectivity index is 1.62. The number of nitrogens with one attached hydrogen (secondary N) is 2. The van der Waals surface area contributed by atoms with Gasteiger partial charge in [0.25, 0.3) is 0 Å². The average molecular weight is 393 g/mol. The van der Waals surface area contributed by atoms with E-state index in [0.29, 0.717) is 13.1 Å². The van der Waals surface area contributed by atoms with E-state index in [-0.39, 0.29) is 0 Å². The summed E-state index contributed by atoms with van der Waals surface area (Å²) >= 11 is 0. The zero-order chi connectivity index (χ0) is 20.5. The Morgan fingerprint density at radius 2 is 1.76 bits per heavy atom. The highest BCUT2D eigenvalue weighted by atomic mass is 16.5. The van der Waals surface area contributed by atoms with Crippen LogP contribution in [-0.4, -0.2) is 34.4 Å². The predicted octanol–water partition coefficient (Wildman–Crippen LogP) is 2.61. The number of rotatable bonds is 8. The molecule has 0 radical (unpaired) electrons. The molecule has 0 aliphatic heterocycles. The van der Waals surface area contributed by atoms with Gasteiger partial charge in [-0.3, -0.25) is 0 Å². The largest absolute Gasteiger partial charge is 0.497 e. The summed E-state index contributed by atoms with van der Waals surface area (Å²) in [5, 5.41) is 15.1. The molecule has 29 heavy (non-hydrogen) atoms. The molecule has 0 saturated carbocycles. The highest BCUT2D eigenvalue weighted by Gasteiger charge is 2.06. The number of guanidine groups is 1. The van der Waals surface area contributed by atoms with Gasteiger partial charge in [-0.05, 0) is 36.6 Å². The number of nitrogens with zero attached hydrogens (tertiary/aromatic N) is 4. The van der Waals surface area contributed by atoms with Crippen LogP contribution in [0.1, 0.15) is 22.8 Å². The van der Waals surface area contributed by atoms with Gasteiger partial charge in [0.15, 0.2) is 11.8 Å². The van der Waals surface area contributed by atoms with Gasteiger partial charge >= 0.3 is 0 Å². The maximum absolute atomic E-state index is 5.21. The van der Waals surface area contributed by atoms with Crippen LogP contribution in [-0.2, 0) is 26.6 Å². The van der Waals surface area contributed by atoms with Gasteiger partial charge in [0.1, 0.15) is 11.6 Å². The molecule has 0 saturated heterocycles. The molecule has 0 unspecified atom stereocenters. The van der Waals surface area contributed by atoms with Gasteiger partial charge in [0, 0.05) is 13.6 Å². The second-order valence-electron chi connectivity index (χ2n) is 6.75. The Morgan fingerprint density at radius 3 is 2.41 bits per heavy atom. The normalized spacial score (nSPS) is 11.3. The van der Waals surface area contributed by atoms with Crippen molar-refractivity contribution >= 4 is 5.96 Å². The molecular formula is C22H28N6O. The van der Waals surface area contributed by atoms with Gasteiger partial charge in [-0.1, -0.05) is 42.5 Å². The minimum absolute atomic E-state index is 0.553. The molecule has 3 rings (SSSR count). The smallest absolute Gasteiger partial charge is 0.191 e. The highest BCUT2D eigenvalue weighted by molar-refractivity contribution is 5.79. The monoisotopic (exact) mass is 392 g/mol. The summed E-state index contributed by atoms with van der Waals surface area (Å²) in [7, 11) is 3.63. The van der Waals surface area contributed by atoms with Crippen molar-refractivity contribution in [3.05, 3.63) is 77.4 Å². The van der Waals surface area contributed by atoms with Gasteiger partial charge < -0.3 is 19.9 Å². The third-order valence-corrected chi connectivity index (χ3v) is 4.72. The van der Waals surface area contributed by atoms with Crippen molar-refractivity contribution in [1.82, 2.24) is 25.4 Å². The van der Waals surface area contributed by atoms with E-state index in [2.05, 4.69) is 45.1 Å². The molecule has 0 fully saturated rings. The molecule has 0 aliphatic carbocycles. The van der Waals surface area contributed by atoms with Crippen molar-refractivity contribution < 1.29 is 4.74 Å². The summed E-state index contributed by atoms with van der Waals surface area (Å²) in [6.07, 6.45) is 0.924. The van der Waals surface area contributed by atoms with E-state index < -0.39 is 0 Å². The molecule has 0 amide bonds. The van der Waals surface area contributed by atoms with Gasteiger partial charge in [0.05, 0.1) is 20.2 Å². The number of ether oxygens (including phenoxy) is 1. The first-order valence-electron chi connectivity index (χ1n) is 9.69. The Labute approximate surface area is 171 Å². The summed E-state index contributed by atoms with van der Waals surface area (Å²) < 4.78 is 7.19. The van der Waals surface area contributed by atoms with Crippen molar-refractivity contribution in [3.8, 4) is 5.75 Å². The lowest BCUT2D eigenvalue weighted by Gasteiger charge is -2.13. The number of benzene rings is 2. The van der Waals surface area contributed by atoms with Crippen LogP contribution in [0.15, 0.2) is 59.6 Å². The lowest BCUT2D eigenvalue weighted by molar-refractivity contribution is 0.414. The van der Waals surface area contributed by atoms with E-state index in [0.717, 1.165) is 41.9 Å². The van der Waals surface area contributed by atoms with Gasteiger partial charge in [-0.15, -0.1) is 10.2 Å². The Morgan fingerprint density at radius 1 is 1.00 bits per heavy atom. The first-order valence-corrected chi connectivity index (χ1v) is 9.69.